The number of hydrogen-bond donors (Lipinski definition) is 2. The lowest BCUT2D eigenvalue weighted by molar-refractivity contribution is -0.120. The zero-order valence-electron chi connectivity index (χ0n) is 10.9. The molecule has 3 rings (SSSR count). The highest BCUT2D eigenvalue weighted by Crippen LogP contribution is 2.23. The van der Waals surface area contributed by atoms with Crippen molar-refractivity contribution in [2.24, 2.45) is 11.8 Å². The number of fused-ring (bicyclic) bond motifs is 1. The smallest absolute Gasteiger partial charge is 0.229 e. The van der Waals surface area contributed by atoms with Crippen LogP contribution in [0.2, 0.25) is 0 Å². The van der Waals surface area contributed by atoms with Crippen molar-refractivity contribution in [3.05, 3.63) is 36.5 Å². The molecule has 1 saturated heterocycles. The minimum absolute atomic E-state index is 0.0407. The zero-order chi connectivity index (χ0) is 13.2. The maximum atomic E-state index is 12.3. The molecule has 19 heavy (non-hydrogen) atoms. The molecule has 2 atom stereocenters. The second-order valence-electron chi connectivity index (χ2n) is 5.11. The Bertz CT molecular complexity index is 606. The summed E-state index contributed by atoms with van der Waals surface area (Å²) in [6.45, 7) is 3.77. The van der Waals surface area contributed by atoms with Gasteiger partial charge in [0.1, 0.15) is 0 Å². The van der Waals surface area contributed by atoms with E-state index >= 15 is 0 Å². The fourth-order valence-corrected chi connectivity index (χ4v) is 2.59. The van der Waals surface area contributed by atoms with Gasteiger partial charge in [0.2, 0.25) is 5.91 Å². The van der Waals surface area contributed by atoms with E-state index < -0.39 is 0 Å². The number of aromatic nitrogens is 1. The summed E-state index contributed by atoms with van der Waals surface area (Å²) < 4.78 is 0. The van der Waals surface area contributed by atoms with E-state index in [-0.39, 0.29) is 11.8 Å². The first kappa shape index (κ1) is 12.1. The predicted octanol–water partition coefficient (Wildman–Crippen LogP) is 2.03. The molecule has 0 radical (unpaired) electrons. The Balaban J connectivity index is 1.87. The Morgan fingerprint density at radius 1 is 1.32 bits per heavy atom. The third-order valence-corrected chi connectivity index (χ3v) is 3.74. The second kappa shape index (κ2) is 4.97. The van der Waals surface area contributed by atoms with Crippen LogP contribution in [-0.2, 0) is 4.79 Å². The van der Waals surface area contributed by atoms with Gasteiger partial charge in [0.25, 0.3) is 0 Å². The fraction of sp³-hybridized carbons (Fsp3) is 0.333. The van der Waals surface area contributed by atoms with Gasteiger partial charge in [0.15, 0.2) is 0 Å². The number of nitrogens with zero attached hydrogens (tertiary/aromatic N) is 1. The van der Waals surface area contributed by atoms with Crippen LogP contribution < -0.4 is 10.6 Å². The van der Waals surface area contributed by atoms with Crippen molar-refractivity contribution in [3.8, 4) is 0 Å². The normalized spacial score (nSPS) is 22.6. The topological polar surface area (TPSA) is 54.0 Å². The van der Waals surface area contributed by atoms with Gasteiger partial charge in [0.05, 0.1) is 17.1 Å². The highest BCUT2D eigenvalue weighted by Gasteiger charge is 2.29. The summed E-state index contributed by atoms with van der Waals surface area (Å²) in [6, 6.07) is 9.74. The average Bonchev–Trinajstić information content (AvgIpc) is 2.85. The standard InChI is InChI=1S/C15H17N3O/c1-10-8-16-9-12(10)15(19)18-13-6-2-4-11-5-3-7-17-14(11)13/h2-7,10,12,16H,8-9H2,1H3,(H,18,19). The lowest BCUT2D eigenvalue weighted by Crippen LogP contribution is -2.27. The predicted molar refractivity (Wildman–Crippen MR) is 75.9 cm³/mol. The Morgan fingerprint density at radius 3 is 2.95 bits per heavy atom. The molecule has 2 N–H and O–H groups in total. The molecule has 0 saturated carbocycles. The summed E-state index contributed by atoms with van der Waals surface area (Å²) in [5, 5.41) is 7.31. The number of benzene rings is 1. The minimum atomic E-state index is 0.0407. The van der Waals surface area contributed by atoms with Gasteiger partial charge >= 0.3 is 0 Å². The molecule has 1 aromatic carbocycles. The van der Waals surface area contributed by atoms with Crippen LogP contribution in [0.3, 0.4) is 0 Å². The van der Waals surface area contributed by atoms with E-state index in [0.717, 1.165) is 29.7 Å². The third kappa shape index (κ3) is 2.31. The van der Waals surface area contributed by atoms with E-state index in [9.17, 15) is 4.79 Å². The quantitative estimate of drug-likeness (QED) is 0.863. The molecule has 4 heteroatoms. The number of carbonyl (C=O) groups is 1. The Kier molecular flexibility index (Phi) is 3.17. The molecule has 2 heterocycles. The van der Waals surface area contributed by atoms with Crippen LogP contribution in [0.25, 0.3) is 10.9 Å². The van der Waals surface area contributed by atoms with E-state index in [1.54, 1.807) is 6.20 Å². The van der Waals surface area contributed by atoms with Crippen molar-refractivity contribution in [1.29, 1.82) is 0 Å². The van der Waals surface area contributed by atoms with E-state index in [4.69, 9.17) is 0 Å². The van der Waals surface area contributed by atoms with Gasteiger partial charge in [-0.25, -0.2) is 0 Å². The van der Waals surface area contributed by atoms with Gasteiger partial charge in [0, 0.05) is 18.1 Å². The number of amides is 1. The molecule has 2 aromatic rings. The van der Waals surface area contributed by atoms with E-state index in [1.807, 2.05) is 30.3 Å². The molecule has 98 valence electrons. The SMILES string of the molecule is CC1CNCC1C(=O)Nc1cccc2cccnc12. The van der Waals surface area contributed by atoms with Crippen LogP contribution in [0.4, 0.5) is 5.69 Å². The van der Waals surface area contributed by atoms with Gasteiger partial charge in [-0.3, -0.25) is 9.78 Å². The van der Waals surface area contributed by atoms with Crippen LogP contribution in [0.1, 0.15) is 6.92 Å². The third-order valence-electron chi connectivity index (χ3n) is 3.74. The Labute approximate surface area is 112 Å². The molecule has 0 spiro atoms. The fourth-order valence-electron chi connectivity index (χ4n) is 2.59. The molecular weight excluding hydrogens is 238 g/mol. The maximum absolute atomic E-state index is 12.3. The summed E-state index contributed by atoms with van der Waals surface area (Å²) in [5.41, 5.74) is 1.64. The van der Waals surface area contributed by atoms with Crippen molar-refractivity contribution in [3.63, 3.8) is 0 Å². The number of carbonyl (C=O) groups excluding carboxylic acids is 1. The van der Waals surface area contributed by atoms with Gasteiger partial charge in [-0.2, -0.15) is 0 Å². The van der Waals surface area contributed by atoms with E-state index in [0.29, 0.717) is 5.92 Å². The van der Waals surface area contributed by atoms with Crippen molar-refractivity contribution < 1.29 is 4.79 Å². The first-order chi connectivity index (χ1) is 9.25. The van der Waals surface area contributed by atoms with Crippen molar-refractivity contribution in [2.45, 2.75) is 6.92 Å². The summed E-state index contributed by atoms with van der Waals surface area (Å²) >= 11 is 0. The number of pyridine rings is 1. The molecule has 1 fully saturated rings. The van der Waals surface area contributed by atoms with Crippen molar-refractivity contribution >= 4 is 22.5 Å². The summed E-state index contributed by atoms with van der Waals surface area (Å²) in [4.78, 5) is 16.6. The number of hydrogen-bond acceptors (Lipinski definition) is 3. The average molecular weight is 255 g/mol. The number of rotatable bonds is 2. The Hall–Kier alpha value is -1.94. The van der Waals surface area contributed by atoms with Gasteiger partial charge < -0.3 is 10.6 Å². The molecule has 1 amide bonds. The molecule has 1 aliphatic rings. The monoisotopic (exact) mass is 255 g/mol. The highest BCUT2D eigenvalue weighted by molar-refractivity contribution is 6.01. The largest absolute Gasteiger partial charge is 0.324 e. The van der Waals surface area contributed by atoms with Gasteiger partial charge in [-0.1, -0.05) is 25.1 Å². The first-order valence-corrected chi connectivity index (χ1v) is 6.61. The summed E-state index contributed by atoms with van der Waals surface area (Å²) in [6.07, 6.45) is 1.75. The van der Waals surface area contributed by atoms with Crippen molar-refractivity contribution in [2.75, 3.05) is 18.4 Å². The maximum Gasteiger partial charge on any atom is 0.229 e. The molecule has 0 aliphatic carbocycles. The number of para-hydroxylation sites is 1. The van der Waals surface area contributed by atoms with Crippen LogP contribution in [0, 0.1) is 11.8 Å². The molecule has 2 unspecified atom stereocenters. The lowest BCUT2D eigenvalue weighted by Gasteiger charge is -2.15. The first-order valence-electron chi connectivity index (χ1n) is 6.61. The highest BCUT2D eigenvalue weighted by atomic mass is 16.1. The lowest BCUT2D eigenvalue weighted by atomic mass is 9.97. The molecular formula is C15H17N3O. The zero-order valence-corrected chi connectivity index (χ0v) is 10.9. The van der Waals surface area contributed by atoms with Crippen molar-refractivity contribution in [1.82, 2.24) is 10.3 Å². The van der Waals surface area contributed by atoms with Crippen LogP contribution in [-0.4, -0.2) is 24.0 Å². The van der Waals surface area contributed by atoms with Gasteiger partial charge in [-0.15, -0.1) is 0 Å². The van der Waals surface area contributed by atoms with E-state index in [2.05, 4.69) is 22.5 Å². The van der Waals surface area contributed by atoms with Gasteiger partial charge in [-0.05, 0) is 24.6 Å². The second-order valence-corrected chi connectivity index (χ2v) is 5.11. The molecule has 4 nitrogen and oxygen atoms in total. The molecule has 0 bridgehead atoms. The van der Waals surface area contributed by atoms with Crippen LogP contribution in [0.15, 0.2) is 36.5 Å². The minimum Gasteiger partial charge on any atom is -0.324 e. The van der Waals surface area contributed by atoms with Crippen LogP contribution in [0.5, 0.6) is 0 Å². The molecule has 1 aromatic heterocycles. The number of anilines is 1. The summed E-state index contributed by atoms with van der Waals surface area (Å²) in [5.74, 6) is 0.498. The molecule has 1 aliphatic heterocycles. The van der Waals surface area contributed by atoms with E-state index in [1.165, 1.54) is 0 Å². The Morgan fingerprint density at radius 2 is 2.16 bits per heavy atom. The number of nitrogens with one attached hydrogen (secondary N) is 2. The summed E-state index contributed by atoms with van der Waals surface area (Å²) in [7, 11) is 0. The van der Waals surface area contributed by atoms with Crippen LogP contribution >= 0.6 is 0 Å².